The minimum atomic E-state index is -0.286. The molecule has 0 aliphatic rings. The molecule has 0 amide bonds. The molecular weight excluding hydrogens is 249 g/mol. The summed E-state index contributed by atoms with van der Waals surface area (Å²) in [5, 5.41) is 3.87. The van der Waals surface area contributed by atoms with Gasteiger partial charge in [0.15, 0.2) is 0 Å². The summed E-state index contributed by atoms with van der Waals surface area (Å²) in [6.45, 7) is 6.43. The Kier molecular flexibility index (Phi) is 6.99. The number of hydrogen-bond donors (Lipinski definition) is 1. The fraction of sp³-hybridized carbons (Fsp3) is 0.467. The van der Waals surface area contributed by atoms with E-state index in [0.717, 1.165) is 31.5 Å². The van der Waals surface area contributed by atoms with Crippen LogP contribution in [0.1, 0.15) is 25.8 Å². The maximum atomic E-state index is 12.8. The molecule has 3 heteroatoms. The maximum absolute atomic E-state index is 12.8. The quantitative estimate of drug-likeness (QED) is 0.577. The van der Waals surface area contributed by atoms with E-state index in [-0.39, 0.29) is 5.82 Å². The van der Waals surface area contributed by atoms with E-state index in [1.165, 1.54) is 12.1 Å². The predicted molar refractivity (Wildman–Crippen MR) is 76.6 cm³/mol. The Morgan fingerprint density at radius 1 is 1.33 bits per heavy atom. The normalized spacial score (nSPS) is 11.6. The van der Waals surface area contributed by atoms with Gasteiger partial charge in [0.2, 0.25) is 0 Å². The van der Waals surface area contributed by atoms with E-state index in [4.69, 9.17) is 11.6 Å². The lowest BCUT2D eigenvalue weighted by Gasteiger charge is -2.05. The maximum Gasteiger partial charge on any atom is 0.124 e. The summed E-state index contributed by atoms with van der Waals surface area (Å²) in [6.07, 6.45) is 5.97. The second-order valence-electron chi connectivity index (χ2n) is 4.80. The van der Waals surface area contributed by atoms with Crippen LogP contribution < -0.4 is 5.32 Å². The predicted octanol–water partition coefficient (Wildman–Crippen LogP) is 4.21. The third-order valence-corrected chi connectivity index (χ3v) is 2.91. The van der Waals surface area contributed by atoms with Gasteiger partial charge in [-0.15, -0.1) is 0 Å². The molecule has 0 aliphatic carbocycles. The molecule has 0 spiro atoms. The highest BCUT2D eigenvalue weighted by atomic mass is 35.5. The average Bonchev–Trinajstić information content (AvgIpc) is 2.30. The van der Waals surface area contributed by atoms with Crippen LogP contribution in [0.4, 0.5) is 4.39 Å². The van der Waals surface area contributed by atoms with Crippen molar-refractivity contribution in [3.05, 3.63) is 46.8 Å². The molecule has 1 aromatic rings. The number of rotatable bonds is 7. The van der Waals surface area contributed by atoms with Gasteiger partial charge < -0.3 is 5.32 Å². The van der Waals surface area contributed by atoms with E-state index in [0.29, 0.717) is 10.9 Å². The summed E-state index contributed by atoms with van der Waals surface area (Å²) < 4.78 is 12.8. The molecule has 1 rings (SSSR count). The largest absolute Gasteiger partial charge is 0.316 e. The first-order valence-electron chi connectivity index (χ1n) is 6.39. The Morgan fingerprint density at radius 3 is 2.78 bits per heavy atom. The molecule has 0 bridgehead atoms. The smallest absolute Gasteiger partial charge is 0.124 e. The zero-order chi connectivity index (χ0) is 13.4. The van der Waals surface area contributed by atoms with Crippen LogP contribution >= 0.6 is 11.6 Å². The third-order valence-electron chi connectivity index (χ3n) is 2.56. The van der Waals surface area contributed by atoms with Crippen molar-refractivity contribution in [3.63, 3.8) is 0 Å². The van der Waals surface area contributed by atoms with Crippen molar-refractivity contribution in [1.82, 2.24) is 5.32 Å². The van der Waals surface area contributed by atoms with Gasteiger partial charge in [0.05, 0.1) is 0 Å². The molecule has 0 saturated heterocycles. The Labute approximate surface area is 114 Å². The van der Waals surface area contributed by atoms with Gasteiger partial charge in [0, 0.05) is 5.02 Å². The average molecular weight is 270 g/mol. The molecular formula is C15H21ClFN. The second kappa shape index (κ2) is 8.28. The molecule has 0 atom stereocenters. The van der Waals surface area contributed by atoms with Crippen LogP contribution in [0.2, 0.25) is 5.02 Å². The van der Waals surface area contributed by atoms with Gasteiger partial charge in [-0.2, -0.15) is 0 Å². The van der Waals surface area contributed by atoms with Crippen molar-refractivity contribution < 1.29 is 4.39 Å². The molecule has 0 aliphatic heterocycles. The van der Waals surface area contributed by atoms with Gasteiger partial charge in [0.1, 0.15) is 5.82 Å². The highest BCUT2D eigenvalue weighted by molar-refractivity contribution is 6.31. The van der Waals surface area contributed by atoms with Crippen molar-refractivity contribution in [1.29, 1.82) is 0 Å². The first-order valence-corrected chi connectivity index (χ1v) is 6.77. The Balaban J connectivity index is 2.24. The van der Waals surface area contributed by atoms with Gasteiger partial charge in [-0.3, -0.25) is 0 Å². The van der Waals surface area contributed by atoms with Crippen LogP contribution in [0.3, 0.4) is 0 Å². The second-order valence-corrected chi connectivity index (χ2v) is 5.21. The van der Waals surface area contributed by atoms with E-state index in [1.807, 2.05) is 0 Å². The monoisotopic (exact) mass is 269 g/mol. The number of nitrogens with one attached hydrogen (secondary N) is 1. The summed E-state index contributed by atoms with van der Waals surface area (Å²) in [7, 11) is 0. The Hall–Kier alpha value is -0.860. The first-order chi connectivity index (χ1) is 8.59. The molecule has 0 radical (unpaired) electrons. The zero-order valence-corrected chi connectivity index (χ0v) is 11.8. The number of hydrogen-bond acceptors (Lipinski definition) is 1. The molecule has 0 aromatic heterocycles. The fourth-order valence-electron chi connectivity index (χ4n) is 1.59. The van der Waals surface area contributed by atoms with Crippen LogP contribution in [0.5, 0.6) is 0 Å². The lowest BCUT2D eigenvalue weighted by Crippen LogP contribution is -2.20. The molecule has 0 saturated carbocycles. The van der Waals surface area contributed by atoms with Crippen LogP contribution in [0.25, 0.3) is 0 Å². The lowest BCUT2D eigenvalue weighted by atomic mass is 10.1. The molecule has 0 heterocycles. The van der Waals surface area contributed by atoms with Gasteiger partial charge in [-0.1, -0.05) is 43.7 Å². The number of allylic oxidation sites excluding steroid dienone is 1. The van der Waals surface area contributed by atoms with E-state index < -0.39 is 0 Å². The fourth-order valence-corrected chi connectivity index (χ4v) is 1.84. The SMILES string of the molecule is CC(C)CNCCC=CCc1ccc(F)cc1Cl. The Morgan fingerprint density at radius 2 is 2.11 bits per heavy atom. The number of halogens is 2. The number of benzene rings is 1. The molecule has 1 aromatic carbocycles. The molecule has 0 fully saturated rings. The van der Waals surface area contributed by atoms with Gasteiger partial charge in [-0.25, -0.2) is 4.39 Å². The minimum Gasteiger partial charge on any atom is -0.316 e. The zero-order valence-electron chi connectivity index (χ0n) is 11.0. The van der Waals surface area contributed by atoms with Crippen LogP contribution in [-0.2, 0) is 6.42 Å². The van der Waals surface area contributed by atoms with Crippen molar-refractivity contribution in [3.8, 4) is 0 Å². The summed E-state index contributed by atoms with van der Waals surface area (Å²) >= 11 is 5.94. The van der Waals surface area contributed by atoms with Crippen LogP contribution in [-0.4, -0.2) is 13.1 Å². The lowest BCUT2D eigenvalue weighted by molar-refractivity contribution is 0.556. The van der Waals surface area contributed by atoms with Crippen LogP contribution in [0, 0.1) is 11.7 Å². The molecule has 18 heavy (non-hydrogen) atoms. The molecule has 0 unspecified atom stereocenters. The summed E-state index contributed by atoms with van der Waals surface area (Å²) in [5.74, 6) is 0.401. The summed E-state index contributed by atoms with van der Waals surface area (Å²) in [4.78, 5) is 0. The van der Waals surface area contributed by atoms with E-state index >= 15 is 0 Å². The van der Waals surface area contributed by atoms with Gasteiger partial charge in [0.25, 0.3) is 0 Å². The van der Waals surface area contributed by atoms with E-state index in [2.05, 4.69) is 31.3 Å². The topological polar surface area (TPSA) is 12.0 Å². The van der Waals surface area contributed by atoms with Crippen molar-refractivity contribution in [2.45, 2.75) is 26.7 Å². The summed E-state index contributed by atoms with van der Waals surface area (Å²) in [6, 6.07) is 4.53. The standard InChI is InChI=1S/C15H21ClFN/c1-12(2)11-18-9-5-3-4-6-13-7-8-14(17)10-15(13)16/h3-4,7-8,10,12,18H,5-6,9,11H2,1-2H3. The first kappa shape index (κ1) is 15.2. The van der Waals surface area contributed by atoms with Crippen LogP contribution in [0.15, 0.2) is 30.4 Å². The third kappa shape index (κ3) is 6.18. The minimum absolute atomic E-state index is 0.286. The Bertz CT molecular complexity index is 388. The van der Waals surface area contributed by atoms with Crippen molar-refractivity contribution in [2.75, 3.05) is 13.1 Å². The molecule has 1 nitrogen and oxygen atoms in total. The van der Waals surface area contributed by atoms with Crippen molar-refractivity contribution >= 4 is 11.6 Å². The van der Waals surface area contributed by atoms with Gasteiger partial charge >= 0.3 is 0 Å². The molecule has 1 N–H and O–H groups in total. The highest BCUT2D eigenvalue weighted by Crippen LogP contribution is 2.17. The van der Waals surface area contributed by atoms with E-state index in [1.54, 1.807) is 6.07 Å². The van der Waals surface area contributed by atoms with Crippen molar-refractivity contribution in [2.24, 2.45) is 5.92 Å². The highest BCUT2D eigenvalue weighted by Gasteiger charge is 1.99. The van der Waals surface area contributed by atoms with Gasteiger partial charge in [-0.05, 0) is 49.5 Å². The summed E-state index contributed by atoms with van der Waals surface area (Å²) in [5.41, 5.74) is 0.962. The molecule has 100 valence electrons. The van der Waals surface area contributed by atoms with E-state index in [9.17, 15) is 4.39 Å².